The van der Waals surface area contributed by atoms with Crippen LogP contribution in [0.3, 0.4) is 0 Å². The van der Waals surface area contributed by atoms with E-state index in [0.717, 1.165) is 11.3 Å². The predicted molar refractivity (Wildman–Crippen MR) is 89.8 cm³/mol. The fraction of sp³-hybridized carbons (Fsp3) is 0.0625. The van der Waals surface area contributed by atoms with Crippen LogP contribution in [-0.2, 0) is 6.54 Å². The zero-order valence-electron chi connectivity index (χ0n) is 11.7. The second kappa shape index (κ2) is 5.54. The Morgan fingerprint density at radius 1 is 1.09 bits per heavy atom. The molecule has 4 nitrogen and oxygen atoms in total. The third kappa shape index (κ3) is 2.38. The van der Waals surface area contributed by atoms with E-state index in [1.54, 1.807) is 30.3 Å². The Morgan fingerprint density at radius 2 is 1.91 bits per heavy atom. The molecule has 7 heteroatoms. The molecule has 0 aliphatic carbocycles. The maximum atomic E-state index is 14.3. The number of halogens is 3. The van der Waals surface area contributed by atoms with Gasteiger partial charge in [0.25, 0.3) is 0 Å². The Hall–Kier alpha value is -2.05. The molecule has 0 saturated heterocycles. The molecule has 0 N–H and O–H groups in total. The highest BCUT2D eigenvalue weighted by Gasteiger charge is 2.23. The van der Waals surface area contributed by atoms with E-state index < -0.39 is 0 Å². The summed E-state index contributed by atoms with van der Waals surface area (Å²) in [5, 5.41) is 8.71. The summed E-state index contributed by atoms with van der Waals surface area (Å²) in [5.74, 6) is 0.348. The van der Waals surface area contributed by atoms with Gasteiger partial charge in [0.2, 0.25) is 4.73 Å². The van der Waals surface area contributed by atoms with Crippen molar-refractivity contribution in [1.82, 2.24) is 14.8 Å². The standard InChI is InChI=1S/C16H9BrClFN4/c17-16-22-21-14-8-20-15(10-3-1-2-4-12(10)19)11-7-9(18)5-6-13(11)23(14)16/h1-7H,8H2. The molecule has 0 unspecified atom stereocenters. The summed E-state index contributed by atoms with van der Waals surface area (Å²) in [6.07, 6.45) is 0. The van der Waals surface area contributed by atoms with E-state index in [9.17, 15) is 4.39 Å². The first kappa shape index (κ1) is 14.5. The first-order valence-electron chi connectivity index (χ1n) is 6.84. The zero-order valence-corrected chi connectivity index (χ0v) is 14.0. The highest BCUT2D eigenvalue weighted by atomic mass is 79.9. The largest absolute Gasteiger partial charge is 0.276 e. The number of rotatable bonds is 1. The molecule has 4 rings (SSSR count). The molecule has 0 saturated carbocycles. The van der Waals surface area contributed by atoms with Crippen molar-refractivity contribution in [2.24, 2.45) is 4.99 Å². The number of hydrogen-bond acceptors (Lipinski definition) is 3. The lowest BCUT2D eigenvalue weighted by molar-refractivity contribution is 0.625. The molecule has 23 heavy (non-hydrogen) atoms. The van der Waals surface area contributed by atoms with Gasteiger partial charge in [-0.2, -0.15) is 0 Å². The van der Waals surface area contributed by atoms with Crippen LogP contribution < -0.4 is 0 Å². The molecule has 1 aliphatic heterocycles. The van der Waals surface area contributed by atoms with Crippen LogP contribution in [0.5, 0.6) is 0 Å². The van der Waals surface area contributed by atoms with Gasteiger partial charge in [0.05, 0.1) is 11.4 Å². The summed E-state index contributed by atoms with van der Waals surface area (Å²) in [6, 6.07) is 12.0. The lowest BCUT2D eigenvalue weighted by atomic mass is 10.00. The van der Waals surface area contributed by atoms with Crippen LogP contribution in [0, 0.1) is 5.82 Å². The third-order valence-electron chi connectivity index (χ3n) is 3.65. The summed E-state index contributed by atoms with van der Waals surface area (Å²) in [5.41, 5.74) is 2.53. The maximum Gasteiger partial charge on any atom is 0.204 e. The average molecular weight is 392 g/mol. The van der Waals surface area contributed by atoms with E-state index >= 15 is 0 Å². The molecule has 0 bridgehead atoms. The molecule has 0 spiro atoms. The van der Waals surface area contributed by atoms with Gasteiger partial charge in [-0.15, -0.1) is 10.2 Å². The average Bonchev–Trinajstić information content (AvgIpc) is 2.82. The van der Waals surface area contributed by atoms with Crippen LogP contribution in [0.4, 0.5) is 4.39 Å². The Labute approximate surface area is 144 Å². The van der Waals surface area contributed by atoms with E-state index in [1.807, 2.05) is 10.6 Å². The Balaban J connectivity index is 2.03. The van der Waals surface area contributed by atoms with E-state index in [1.165, 1.54) is 6.07 Å². The van der Waals surface area contributed by atoms with Crippen LogP contribution in [0.25, 0.3) is 5.69 Å². The van der Waals surface area contributed by atoms with Crippen molar-refractivity contribution in [2.45, 2.75) is 6.54 Å². The molecule has 2 aromatic carbocycles. The molecule has 0 fully saturated rings. The van der Waals surface area contributed by atoms with Crippen molar-refractivity contribution in [2.75, 3.05) is 0 Å². The van der Waals surface area contributed by atoms with Gasteiger partial charge < -0.3 is 0 Å². The number of fused-ring (bicyclic) bond motifs is 3. The van der Waals surface area contributed by atoms with Crippen molar-refractivity contribution in [1.29, 1.82) is 0 Å². The quantitative estimate of drug-likeness (QED) is 0.625. The smallest absolute Gasteiger partial charge is 0.204 e. The van der Waals surface area contributed by atoms with Crippen molar-refractivity contribution >= 4 is 33.2 Å². The van der Waals surface area contributed by atoms with Gasteiger partial charge in [-0.1, -0.05) is 23.7 Å². The van der Waals surface area contributed by atoms with E-state index in [2.05, 4.69) is 31.1 Å². The number of nitrogens with zero attached hydrogens (tertiary/aromatic N) is 4. The van der Waals surface area contributed by atoms with Gasteiger partial charge in [0.15, 0.2) is 5.82 Å². The van der Waals surface area contributed by atoms with Crippen LogP contribution in [0.1, 0.15) is 17.0 Å². The van der Waals surface area contributed by atoms with Crippen molar-refractivity contribution in [3.8, 4) is 5.69 Å². The number of aliphatic imine (C=N–C) groups is 1. The molecule has 3 aromatic rings. The van der Waals surface area contributed by atoms with Gasteiger partial charge in [0.1, 0.15) is 12.4 Å². The lowest BCUT2D eigenvalue weighted by Crippen LogP contribution is -2.09. The summed E-state index contributed by atoms with van der Waals surface area (Å²) in [6.45, 7) is 0.300. The topological polar surface area (TPSA) is 43.1 Å². The first-order valence-corrected chi connectivity index (χ1v) is 8.01. The van der Waals surface area contributed by atoms with E-state index in [4.69, 9.17) is 11.6 Å². The SMILES string of the molecule is Fc1ccccc1C1=NCc2nnc(Br)n2-c2ccc(Cl)cc21. The Bertz CT molecular complexity index is 951. The molecule has 0 radical (unpaired) electrons. The van der Waals surface area contributed by atoms with E-state index in [0.29, 0.717) is 33.4 Å². The predicted octanol–water partition coefficient (Wildman–Crippen LogP) is 4.17. The second-order valence-corrected chi connectivity index (χ2v) is 6.17. The monoisotopic (exact) mass is 390 g/mol. The summed E-state index contributed by atoms with van der Waals surface area (Å²) < 4.78 is 16.7. The molecule has 1 aromatic heterocycles. The number of benzene rings is 2. The van der Waals surface area contributed by atoms with Crippen molar-refractivity contribution in [3.05, 3.63) is 75.0 Å². The minimum Gasteiger partial charge on any atom is -0.276 e. The molecule has 0 amide bonds. The summed E-state index contributed by atoms with van der Waals surface area (Å²) in [4.78, 5) is 4.57. The molecule has 0 atom stereocenters. The summed E-state index contributed by atoms with van der Waals surface area (Å²) in [7, 11) is 0. The van der Waals surface area contributed by atoms with Gasteiger partial charge in [-0.25, -0.2) is 4.39 Å². The third-order valence-corrected chi connectivity index (χ3v) is 4.40. The fourth-order valence-electron chi connectivity index (χ4n) is 2.65. The molecule has 2 heterocycles. The zero-order chi connectivity index (χ0) is 16.0. The van der Waals surface area contributed by atoms with Crippen molar-refractivity contribution < 1.29 is 4.39 Å². The van der Waals surface area contributed by atoms with Gasteiger partial charge in [0, 0.05) is 16.1 Å². The minimum atomic E-state index is -0.325. The fourth-order valence-corrected chi connectivity index (χ4v) is 3.29. The minimum absolute atomic E-state index is 0.300. The second-order valence-electron chi connectivity index (χ2n) is 5.03. The molecule has 114 valence electrons. The molecular formula is C16H9BrClFN4. The van der Waals surface area contributed by atoms with Gasteiger partial charge >= 0.3 is 0 Å². The highest BCUT2D eigenvalue weighted by Crippen LogP contribution is 2.30. The van der Waals surface area contributed by atoms with Crippen LogP contribution in [0.15, 0.2) is 52.2 Å². The highest BCUT2D eigenvalue weighted by molar-refractivity contribution is 9.10. The lowest BCUT2D eigenvalue weighted by Gasteiger charge is -2.13. The van der Waals surface area contributed by atoms with Crippen LogP contribution >= 0.6 is 27.5 Å². The Morgan fingerprint density at radius 3 is 2.74 bits per heavy atom. The van der Waals surface area contributed by atoms with Crippen molar-refractivity contribution in [3.63, 3.8) is 0 Å². The van der Waals surface area contributed by atoms with Gasteiger partial charge in [-0.05, 0) is 46.3 Å². The van der Waals surface area contributed by atoms with Crippen LogP contribution in [0.2, 0.25) is 5.02 Å². The number of hydrogen-bond donors (Lipinski definition) is 0. The Kier molecular flexibility index (Phi) is 3.50. The van der Waals surface area contributed by atoms with Crippen LogP contribution in [-0.4, -0.2) is 20.5 Å². The first-order chi connectivity index (χ1) is 11.1. The summed E-state index contributed by atoms with van der Waals surface area (Å²) >= 11 is 9.56. The molecule has 1 aliphatic rings. The van der Waals surface area contributed by atoms with Gasteiger partial charge in [-0.3, -0.25) is 9.56 Å². The molecular weight excluding hydrogens is 383 g/mol. The normalized spacial score (nSPS) is 13.1. The number of aromatic nitrogens is 3. The van der Waals surface area contributed by atoms with E-state index in [-0.39, 0.29) is 5.82 Å². The maximum absolute atomic E-state index is 14.3.